The van der Waals surface area contributed by atoms with Crippen LogP contribution in [0.5, 0.6) is 0 Å². The second-order valence-electron chi connectivity index (χ2n) is 3.76. The minimum atomic E-state index is -4.24. The van der Waals surface area contributed by atoms with Crippen LogP contribution in [0.2, 0.25) is 0 Å². The van der Waals surface area contributed by atoms with Crippen molar-refractivity contribution >= 4 is 21.8 Å². The van der Waals surface area contributed by atoms with E-state index < -0.39 is 25.0 Å². The summed E-state index contributed by atoms with van der Waals surface area (Å²) in [7, 11) is 0. The summed E-state index contributed by atoms with van der Waals surface area (Å²) < 4.78 is 35.7. The molecule has 1 amide bonds. The fourth-order valence-electron chi connectivity index (χ4n) is 1.35. The number of alkyl halides is 4. The Hall–Kier alpha value is -1.04. The van der Waals surface area contributed by atoms with Gasteiger partial charge in [0.15, 0.2) is 0 Å². The third-order valence-corrected chi connectivity index (χ3v) is 2.69. The van der Waals surface area contributed by atoms with E-state index in [2.05, 4.69) is 21.2 Å². The highest BCUT2D eigenvalue weighted by molar-refractivity contribution is 9.09. The maximum Gasteiger partial charge on any atom is 0.390 e. The molecule has 1 aromatic carbocycles. The summed E-state index contributed by atoms with van der Waals surface area (Å²) in [5.41, 5.74) is 1.44. The molecule has 0 radical (unpaired) electrons. The van der Waals surface area contributed by atoms with Gasteiger partial charge in [-0.2, -0.15) is 13.2 Å². The predicted molar refractivity (Wildman–Crippen MR) is 66.9 cm³/mol. The molecule has 1 N–H and O–H groups in total. The van der Waals surface area contributed by atoms with E-state index in [-0.39, 0.29) is 0 Å². The van der Waals surface area contributed by atoms with Crippen molar-refractivity contribution in [2.24, 2.45) is 0 Å². The van der Waals surface area contributed by atoms with Crippen molar-refractivity contribution in [2.75, 3.05) is 11.9 Å². The fraction of sp³-hybridized carbons (Fsp3) is 0.417. The van der Waals surface area contributed by atoms with Crippen molar-refractivity contribution in [1.29, 1.82) is 0 Å². The van der Waals surface area contributed by atoms with Crippen molar-refractivity contribution in [2.45, 2.75) is 19.0 Å². The molecule has 2 nitrogen and oxygen atoms in total. The molecular formula is C12H13BrF3NO. The van der Waals surface area contributed by atoms with Gasteiger partial charge in [0.05, 0.1) is 6.42 Å². The van der Waals surface area contributed by atoms with E-state index in [9.17, 15) is 18.0 Å². The molecule has 6 heteroatoms. The number of benzene rings is 1. The van der Waals surface area contributed by atoms with Crippen LogP contribution < -0.4 is 5.32 Å². The number of hydrogen-bond acceptors (Lipinski definition) is 1. The molecule has 0 aliphatic carbocycles. The Kier molecular flexibility index (Phi) is 5.65. The number of hydrogen-bond donors (Lipinski definition) is 1. The number of amides is 1. The predicted octanol–water partition coefficient (Wildman–Crippen LogP) is 3.31. The van der Waals surface area contributed by atoms with Gasteiger partial charge in [-0.15, -0.1) is 0 Å². The number of nitrogens with one attached hydrogen (secondary N) is 1. The molecule has 1 rings (SSSR count). The maximum absolute atomic E-state index is 11.9. The van der Waals surface area contributed by atoms with Gasteiger partial charge < -0.3 is 5.32 Å². The number of halogens is 4. The fourth-order valence-corrected chi connectivity index (χ4v) is 1.81. The molecule has 0 aliphatic rings. The van der Waals surface area contributed by atoms with E-state index >= 15 is 0 Å². The first kappa shape index (κ1) is 15.0. The lowest BCUT2D eigenvalue weighted by molar-refractivity contribution is -0.132. The lowest BCUT2D eigenvalue weighted by atomic mass is 10.1. The van der Waals surface area contributed by atoms with Crippen molar-refractivity contribution in [3.63, 3.8) is 0 Å². The summed E-state index contributed by atoms with van der Waals surface area (Å²) in [5.74, 6) is -0.482. The number of rotatable bonds is 5. The van der Waals surface area contributed by atoms with Gasteiger partial charge in [-0.25, -0.2) is 0 Å². The van der Waals surface area contributed by atoms with E-state index in [1.807, 2.05) is 0 Å². The van der Waals surface area contributed by atoms with Gasteiger partial charge in [0.25, 0.3) is 5.91 Å². The van der Waals surface area contributed by atoms with Gasteiger partial charge in [0, 0.05) is 17.4 Å². The normalized spacial score (nSPS) is 11.3. The topological polar surface area (TPSA) is 29.1 Å². The van der Waals surface area contributed by atoms with Gasteiger partial charge in [0.2, 0.25) is 0 Å². The molecule has 0 saturated heterocycles. The first-order chi connectivity index (χ1) is 8.42. The van der Waals surface area contributed by atoms with Crippen LogP contribution in [0.3, 0.4) is 0 Å². The minimum Gasteiger partial charge on any atom is -0.352 e. The van der Waals surface area contributed by atoms with Crippen LogP contribution in [0.15, 0.2) is 24.3 Å². The van der Waals surface area contributed by atoms with E-state index in [0.717, 1.165) is 17.3 Å². The minimum absolute atomic E-state index is 0.371. The molecule has 18 heavy (non-hydrogen) atoms. The maximum atomic E-state index is 11.9. The molecule has 0 spiro atoms. The third-order valence-electron chi connectivity index (χ3n) is 2.29. The molecule has 0 bridgehead atoms. The second kappa shape index (κ2) is 6.78. The molecule has 0 aromatic heterocycles. The zero-order chi connectivity index (χ0) is 13.6. The molecular weight excluding hydrogens is 311 g/mol. The van der Waals surface area contributed by atoms with Crippen molar-refractivity contribution < 1.29 is 18.0 Å². The zero-order valence-corrected chi connectivity index (χ0v) is 11.1. The van der Waals surface area contributed by atoms with Crippen LogP contribution in [0.25, 0.3) is 0 Å². The summed E-state index contributed by atoms with van der Waals surface area (Å²) in [6, 6.07) is 6.81. The molecule has 0 aliphatic heterocycles. The van der Waals surface area contributed by atoms with Crippen LogP contribution in [-0.2, 0) is 6.42 Å². The van der Waals surface area contributed by atoms with E-state index in [1.54, 1.807) is 24.3 Å². The number of aryl methyl sites for hydroxylation is 1. The van der Waals surface area contributed by atoms with Crippen molar-refractivity contribution in [3.05, 3.63) is 35.4 Å². The van der Waals surface area contributed by atoms with Crippen molar-refractivity contribution in [1.82, 2.24) is 5.32 Å². The highest BCUT2D eigenvalue weighted by Crippen LogP contribution is 2.18. The van der Waals surface area contributed by atoms with Crippen molar-refractivity contribution in [3.8, 4) is 0 Å². The standard InChI is InChI=1S/C12H13BrF3NO/c13-7-5-9-1-3-10(4-2-9)11(18)17-8-6-12(14,15)16/h1-4H,5-8H2,(H,17,18). The average molecular weight is 324 g/mol. The lowest BCUT2D eigenvalue weighted by Gasteiger charge is -2.08. The Labute approximate surface area is 112 Å². The summed E-state index contributed by atoms with van der Waals surface area (Å²) in [5, 5.41) is 3.06. The van der Waals surface area contributed by atoms with Crippen LogP contribution in [0, 0.1) is 0 Å². The van der Waals surface area contributed by atoms with Crippen LogP contribution in [0.1, 0.15) is 22.3 Å². The Morgan fingerprint density at radius 1 is 1.22 bits per heavy atom. The van der Waals surface area contributed by atoms with Gasteiger partial charge >= 0.3 is 6.18 Å². The van der Waals surface area contributed by atoms with E-state index in [4.69, 9.17) is 0 Å². The number of carbonyl (C=O) groups excluding carboxylic acids is 1. The lowest BCUT2D eigenvalue weighted by Crippen LogP contribution is -2.27. The van der Waals surface area contributed by atoms with Gasteiger partial charge in [-0.05, 0) is 24.1 Å². The Balaban J connectivity index is 2.46. The zero-order valence-electron chi connectivity index (χ0n) is 9.56. The Morgan fingerprint density at radius 2 is 1.83 bits per heavy atom. The number of carbonyl (C=O) groups is 1. The molecule has 1 aromatic rings. The van der Waals surface area contributed by atoms with Crippen LogP contribution >= 0.6 is 15.9 Å². The molecule has 0 atom stereocenters. The largest absolute Gasteiger partial charge is 0.390 e. The van der Waals surface area contributed by atoms with Gasteiger partial charge in [-0.3, -0.25) is 4.79 Å². The summed E-state index contributed by atoms with van der Waals surface area (Å²) in [4.78, 5) is 11.5. The third kappa shape index (κ3) is 5.53. The average Bonchev–Trinajstić information content (AvgIpc) is 2.28. The Morgan fingerprint density at radius 3 is 2.33 bits per heavy atom. The second-order valence-corrected chi connectivity index (χ2v) is 4.55. The van der Waals surface area contributed by atoms with Crippen LogP contribution in [0.4, 0.5) is 13.2 Å². The first-order valence-electron chi connectivity index (χ1n) is 5.42. The summed E-state index contributed by atoms with van der Waals surface area (Å²) in [6.45, 7) is -0.397. The van der Waals surface area contributed by atoms with E-state index in [1.165, 1.54) is 0 Å². The summed E-state index contributed by atoms with van der Waals surface area (Å²) >= 11 is 3.30. The first-order valence-corrected chi connectivity index (χ1v) is 6.54. The molecule has 0 saturated carbocycles. The quantitative estimate of drug-likeness (QED) is 0.827. The molecule has 0 unspecified atom stereocenters. The molecule has 0 heterocycles. The molecule has 100 valence electrons. The highest BCUT2D eigenvalue weighted by Gasteiger charge is 2.26. The SMILES string of the molecule is O=C(NCCC(F)(F)F)c1ccc(CCBr)cc1. The highest BCUT2D eigenvalue weighted by atomic mass is 79.9. The van der Waals surface area contributed by atoms with Crippen LogP contribution in [-0.4, -0.2) is 24.0 Å². The molecule has 0 fully saturated rings. The van der Waals surface area contributed by atoms with E-state index in [0.29, 0.717) is 5.56 Å². The van der Waals surface area contributed by atoms with Gasteiger partial charge in [0.1, 0.15) is 0 Å². The smallest absolute Gasteiger partial charge is 0.352 e. The summed E-state index contributed by atoms with van der Waals surface area (Å²) in [6.07, 6.45) is -4.41. The Bertz CT molecular complexity index is 389. The monoisotopic (exact) mass is 323 g/mol. The van der Waals surface area contributed by atoms with Gasteiger partial charge in [-0.1, -0.05) is 28.1 Å².